The Balaban J connectivity index is 2.06. The van der Waals surface area contributed by atoms with Gasteiger partial charge in [-0.25, -0.2) is 9.59 Å². The van der Waals surface area contributed by atoms with Crippen molar-refractivity contribution in [3.05, 3.63) is 39.9 Å². The molecule has 3 N–H and O–H groups in total. The zero-order valence-corrected chi connectivity index (χ0v) is 13.1. The quantitative estimate of drug-likeness (QED) is 0.395. The molecule has 26 heavy (non-hydrogen) atoms. The van der Waals surface area contributed by atoms with Crippen LogP contribution in [0, 0.1) is 6.92 Å². The van der Waals surface area contributed by atoms with E-state index in [0.717, 1.165) is 6.07 Å². The molecule has 0 aromatic heterocycles. The van der Waals surface area contributed by atoms with Crippen LogP contribution in [0.4, 0.5) is 0 Å². The van der Waals surface area contributed by atoms with Gasteiger partial charge in [0.15, 0.2) is 23.5 Å². The molecular weight excluding hydrogens is 348 g/mol. The van der Waals surface area contributed by atoms with E-state index < -0.39 is 29.7 Å². The van der Waals surface area contributed by atoms with E-state index in [1.165, 1.54) is 13.0 Å². The number of hydrogen-bond acceptors (Lipinski definition) is 9. The Morgan fingerprint density at radius 2 is 1.73 bits per heavy atom. The molecule has 2 aliphatic heterocycles. The normalized spacial score (nSPS) is 17.2. The average Bonchev–Trinajstić information content (AvgIpc) is 2.76. The fourth-order valence-corrected chi connectivity index (χ4v) is 3.01. The Labute approximate surface area is 145 Å². The number of cyclic esters (lactones) is 1. The first-order valence-corrected chi connectivity index (χ1v) is 7.34. The van der Waals surface area contributed by atoms with Gasteiger partial charge in [0.25, 0.3) is 0 Å². The molecule has 1 atom stereocenters. The molecule has 9 nitrogen and oxygen atoms in total. The van der Waals surface area contributed by atoms with Crippen molar-refractivity contribution < 1.29 is 43.9 Å². The van der Waals surface area contributed by atoms with Crippen LogP contribution in [0.5, 0.6) is 28.7 Å². The van der Waals surface area contributed by atoms with Gasteiger partial charge in [-0.1, -0.05) is 0 Å². The first-order chi connectivity index (χ1) is 12.3. The summed E-state index contributed by atoms with van der Waals surface area (Å²) in [6, 6.07) is 2.17. The second-order valence-corrected chi connectivity index (χ2v) is 5.71. The molecule has 9 heteroatoms. The van der Waals surface area contributed by atoms with E-state index >= 15 is 0 Å². The Morgan fingerprint density at radius 3 is 2.42 bits per heavy atom. The van der Waals surface area contributed by atoms with Crippen molar-refractivity contribution in [3.8, 4) is 28.7 Å². The zero-order valence-electron chi connectivity index (χ0n) is 13.1. The van der Waals surface area contributed by atoms with Crippen LogP contribution in [0.25, 0.3) is 0 Å². The maximum absolute atomic E-state index is 12.5. The highest BCUT2D eigenvalue weighted by Gasteiger charge is 2.41. The largest absolute Gasteiger partial charge is 0.507 e. The van der Waals surface area contributed by atoms with Crippen molar-refractivity contribution >= 4 is 18.2 Å². The molecule has 2 aromatic rings. The lowest BCUT2D eigenvalue weighted by atomic mass is 10.0. The fraction of sp³-hybridized carbons (Fsp3) is 0.118. The second-order valence-electron chi connectivity index (χ2n) is 5.71. The molecule has 0 aliphatic carbocycles. The van der Waals surface area contributed by atoms with Crippen molar-refractivity contribution in [2.75, 3.05) is 0 Å². The fourth-order valence-electron chi connectivity index (χ4n) is 3.01. The van der Waals surface area contributed by atoms with Gasteiger partial charge in [-0.05, 0) is 18.6 Å². The third-order valence-corrected chi connectivity index (χ3v) is 4.16. The Hall–Kier alpha value is -3.59. The summed E-state index contributed by atoms with van der Waals surface area (Å²) in [7, 11) is 0. The lowest BCUT2D eigenvalue weighted by molar-refractivity contribution is -0.0555. The molecule has 0 fully saturated rings. The predicted molar refractivity (Wildman–Crippen MR) is 81.7 cm³/mol. The lowest BCUT2D eigenvalue weighted by Gasteiger charge is -2.14. The maximum Gasteiger partial charge on any atom is 0.347 e. The van der Waals surface area contributed by atoms with Gasteiger partial charge in [0.05, 0.1) is 11.1 Å². The number of carbonyl (C=O) groups excluding carboxylic acids is 3. The molecular formula is C17H10O9. The first-order valence-electron chi connectivity index (χ1n) is 7.34. The van der Waals surface area contributed by atoms with Gasteiger partial charge in [0.2, 0.25) is 6.29 Å². The zero-order chi connectivity index (χ0) is 18.7. The van der Waals surface area contributed by atoms with Gasteiger partial charge in [0.1, 0.15) is 22.6 Å². The van der Waals surface area contributed by atoms with Crippen LogP contribution in [0.3, 0.4) is 0 Å². The SMILES string of the molecule is Cc1cc(O)c(C=O)c2c1C(=O)Oc1cc(O)c3c(c1O2)[C@@H](O)OC3=O. The summed E-state index contributed by atoms with van der Waals surface area (Å²) >= 11 is 0. The molecule has 0 saturated carbocycles. The standard InChI is InChI=1S/C17H10O9/c1-5-2-7(19)6(4-18)13-10(5)15(21)24-9-3-8(20)11-12(14(9)25-13)17(23)26-16(11)22/h2-4,17,19-20,23H,1H3/t17-/m0/s1. The van der Waals surface area contributed by atoms with Crippen molar-refractivity contribution in [2.24, 2.45) is 0 Å². The number of rotatable bonds is 1. The molecule has 132 valence electrons. The number of fused-ring (bicyclic) bond motifs is 4. The summed E-state index contributed by atoms with van der Waals surface area (Å²) in [5.41, 5.74) is -0.746. The van der Waals surface area contributed by atoms with Crippen LogP contribution < -0.4 is 9.47 Å². The highest BCUT2D eigenvalue weighted by molar-refractivity contribution is 6.03. The molecule has 0 bridgehead atoms. The highest BCUT2D eigenvalue weighted by Crippen LogP contribution is 2.51. The number of aliphatic hydroxyl groups is 1. The third kappa shape index (κ3) is 1.97. The molecule has 0 saturated heterocycles. The highest BCUT2D eigenvalue weighted by atomic mass is 16.6. The van der Waals surface area contributed by atoms with Crippen molar-refractivity contribution in [3.63, 3.8) is 0 Å². The van der Waals surface area contributed by atoms with Crippen molar-refractivity contribution in [1.82, 2.24) is 0 Å². The van der Waals surface area contributed by atoms with E-state index in [-0.39, 0.29) is 45.1 Å². The molecule has 0 amide bonds. The minimum atomic E-state index is -1.77. The van der Waals surface area contributed by atoms with Gasteiger partial charge in [-0.2, -0.15) is 0 Å². The first kappa shape index (κ1) is 15.9. The number of ether oxygens (including phenoxy) is 3. The molecule has 4 rings (SSSR count). The smallest absolute Gasteiger partial charge is 0.347 e. The average molecular weight is 358 g/mol. The topological polar surface area (TPSA) is 140 Å². The van der Waals surface area contributed by atoms with E-state index in [2.05, 4.69) is 4.74 Å². The molecule has 0 radical (unpaired) electrons. The number of aromatic hydroxyl groups is 2. The summed E-state index contributed by atoms with van der Waals surface area (Å²) in [6.07, 6.45) is -1.47. The summed E-state index contributed by atoms with van der Waals surface area (Å²) in [4.78, 5) is 35.7. The monoisotopic (exact) mass is 358 g/mol. The van der Waals surface area contributed by atoms with Crippen LogP contribution in [0.2, 0.25) is 0 Å². The van der Waals surface area contributed by atoms with Crippen LogP contribution in [-0.2, 0) is 4.74 Å². The number of aliphatic hydroxyl groups excluding tert-OH is 1. The van der Waals surface area contributed by atoms with Gasteiger partial charge in [-0.15, -0.1) is 0 Å². The number of aryl methyl sites for hydroxylation is 1. The molecule has 2 heterocycles. The van der Waals surface area contributed by atoms with Crippen molar-refractivity contribution in [1.29, 1.82) is 0 Å². The predicted octanol–water partition coefficient (Wildman–Crippen LogP) is 1.70. The molecule has 0 unspecified atom stereocenters. The molecule has 0 spiro atoms. The Morgan fingerprint density at radius 1 is 1.00 bits per heavy atom. The number of esters is 2. The number of hydrogen-bond donors (Lipinski definition) is 3. The minimum Gasteiger partial charge on any atom is -0.507 e. The van der Waals surface area contributed by atoms with Crippen LogP contribution in [0.15, 0.2) is 12.1 Å². The number of carbonyl (C=O) groups is 3. The van der Waals surface area contributed by atoms with Gasteiger partial charge in [0, 0.05) is 6.07 Å². The van der Waals surface area contributed by atoms with E-state index in [1.807, 2.05) is 0 Å². The summed E-state index contributed by atoms with van der Waals surface area (Å²) in [5.74, 6) is -3.74. The van der Waals surface area contributed by atoms with Gasteiger partial charge in [-0.3, -0.25) is 4.79 Å². The summed E-state index contributed by atoms with van der Waals surface area (Å²) in [6.45, 7) is 1.50. The Kier molecular flexibility index (Phi) is 3.18. The van der Waals surface area contributed by atoms with E-state index in [9.17, 15) is 29.7 Å². The number of phenols is 2. The van der Waals surface area contributed by atoms with E-state index in [4.69, 9.17) is 9.47 Å². The molecule has 2 aromatic carbocycles. The summed E-state index contributed by atoms with van der Waals surface area (Å²) < 4.78 is 15.5. The number of benzene rings is 2. The molecule has 2 aliphatic rings. The van der Waals surface area contributed by atoms with E-state index in [0.29, 0.717) is 6.29 Å². The minimum absolute atomic E-state index is 0.117. The van der Waals surface area contributed by atoms with E-state index in [1.54, 1.807) is 0 Å². The number of phenolic OH excluding ortho intramolecular Hbond substituents is 2. The van der Waals surface area contributed by atoms with Crippen LogP contribution in [0.1, 0.15) is 48.5 Å². The van der Waals surface area contributed by atoms with Crippen LogP contribution >= 0.6 is 0 Å². The maximum atomic E-state index is 12.5. The second kappa shape index (κ2) is 5.20. The Bertz CT molecular complexity index is 1020. The van der Waals surface area contributed by atoms with Crippen molar-refractivity contribution in [2.45, 2.75) is 13.2 Å². The lowest BCUT2D eigenvalue weighted by Crippen LogP contribution is -2.10. The number of aldehydes is 1. The van der Waals surface area contributed by atoms with Gasteiger partial charge < -0.3 is 29.5 Å². The van der Waals surface area contributed by atoms with Crippen LogP contribution in [-0.4, -0.2) is 33.5 Å². The third-order valence-electron chi connectivity index (χ3n) is 4.16. The van der Waals surface area contributed by atoms with Gasteiger partial charge >= 0.3 is 11.9 Å². The summed E-state index contributed by atoms with van der Waals surface area (Å²) in [5, 5.41) is 30.0.